The van der Waals surface area contributed by atoms with Crippen molar-refractivity contribution in [3.05, 3.63) is 59.7 Å². The Morgan fingerprint density at radius 1 is 0.741 bits per heavy atom. The number of alkyl halides is 1. The molecule has 4 fully saturated rings. The summed E-state index contributed by atoms with van der Waals surface area (Å²) in [6.07, 6.45) is -2.13. The van der Waals surface area contributed by atoms with Crippen LogP contribution in [0.5, 0.6) is 0 Å². The molecule has 1 aliphatic heterocycles. The highest BCUT2D eigenvalue weighted by Gasteiger charge is 2.75. The molecular formula is C71H113FN15O20P. The molecule has 1 heterocycles. The van der Waals surface area contributed by atoms with Crippen molar-refractivity contribution in [3.63, 3.8) is 0 Å². The number of nitrogens with one attached hydrogen (secondary N) is 10. The van der Waals surface area contributed by atoms with Gasteiger partial charge in [-0.3, -0.25) is 62.1 Å². The highest BCUT2D eigenvalue weighted by atomic mass is 31.2. The van der Waals surface area contributed by atoms with Crippen LogP contribution in [-0.4, -0.2) is 253 Å². The molecule has 10 amide bonds. The molecule has 4 aliphatic carbocycles. The van der Waals surface area contributed by atoms with Gasteiger partial charge in [0.15, 0.2) is 23.8 Å². The van der Waals surface area contributed by atoms with Gasteiger partial charge in [-0.25, -0.2) is 4.39 Å². The zero-order chi connectivity index (χ0) is 80.6. The summed E-state index contributed by atoms with van der Waals surface area (Å²) in [5.41, 5.74) is 17.4. The maximum Gasteiger partial charge on any atom is 0.275 e. The van der Waals surface area contributed by atoms with Crippen LogP contribution in [0.4, 0.5) is 4.39 Å². The van der Waals surface area contributed by atoms with Gasteiger partial charge in [0.2, 0.25) is 53.2 Å². The van der Waals surface area contributed by atoms with Crippen LogP contribution in [0.25, 0.3) is 0 Å². The number of hydrogen-bond donors (Lipinski definition) is 18. The Balaban J connectivity index is 1.15. The van der Waals surface area contributed by atoms with Crippen molar-refractivity contribution in [2.24, 2.45) is 57.4 Å². The molecule has 3 saturated carbocycles. The van der Waals surface area contributed by atoms with Gasteiger partial charge in [-0.1, -0.05) is 69.7 Å². The van der Waals surface area contributed by atoms with Crippen molar-refractivity contribution in [2.45, 2.75) is 203 Å². The highest BCUT2D eigenvalue weighted by Crippen LogP contribution is 2.71. The molecule has 22 N–H and O–H groups in total. The van der Waals surface area contributed by atoms with Gasteiger partial charge in [-0.05, 0) is 147 Å². The third kappa shape index (κ3) is 21.7. The van der Waals surface area contributed by atoms with E-state index in [1.54, 1.807) is 65.0 Å². The number of halogens is 1. The second-order valence-corrected chi connectivity index (χ2v) is 32.0. The fourth-order valence-electron chi connectivity index (χ4n) is 15.7. The monoisotopic (exact) mass is 1550 g/mol. The van der Waals surface area contributed by atoms with Crippen molar-refractivity contribution in [3.8, 4) is 0 Å². The molecule has 1 aromatic carbocycles. The summed E-state index contributed by atoms with van der Waals surface area (Å²) in [7, 11) is -2.38. The summed E-state index contributed by atoms with van der Waals surface area (Å²) < 4.78 is 40.8. The third-order valence-corrected chi connectivity index (χ3v) is 22.6. The topological polar surface area (TPSA) is 569 Å². The Morgan fingerprint density at radius 2 is 1.30 bits per heavy atom. The van der Waals surface area contributed by atoms with Crippen LogP contribution in [0, 0.1) is 34.5 Å². The first-order chi connectivity index (χ1) is 50.6. The summed E-state index contributed by atoms with van der Waals surface area (Å²) >= 11 is 0. The van der Waals surface area contributed by atoms with Crippen molar-refractivity contribution in [1.82, 2.24) is 53.2 Å². The van der Waals surface area contributed by atoms with Gasteiger partial charge in [0.1, 0.15) is 79.7 Å². The molecule has 108 heavy (non-hydrogen) atoms. The fourth-order valence-corrected chi connectivity index (χ4v) is 16.3. The van der Waals surface area contributed by atoms with Crippen LogP contribution in [0.1, 0.15) is 118 Å². The van der Waals surface area contributed by atoms with Crippen LogP contribution in [0.3, 0.4) is 0 Å². The van der Waals surface area contributed by atoms with Gasteiger partial charge in [0.05, 0.1) is 32.4 Å². The Kier molecular flexibility index (Phi) is 31.7. The molecule has 604 valence electrons. The van der Waals surface area contributed by atoms with Gasteiger partial charge in [-0.2, -0.15) is 0 Å². The van der Waals surface area contributed by atoms with E-state index in [4.69, 9.17) is 32.0 Å². The normalized spacial score (nSPS) is 31.5. The zero-order valence-corrected chi connectivity index (χ0v) is 63.8. The third-order valence-electron chi connectivity index (χ3n) is 21.6. The number of ketones is 2. The lowest BCUT2D eigenvalue weighted by Crippen LogP contribution is -2.69. The number of hydrogen-bond acceptors (Lipinski definition) is 24. The minimum Gasteiger partial charge on any atom is -0.756 e. The maximum atomic E-state index is 17.7. The number of aliphatic hydroxyl groups excluding tert-OH is 3. The molecule has 6 rings (SSSR count). The van der Waals surface area contributed by atoms with E-state index in [0.717, 1.165) is 6.92 Å². The number of benzene rings is 1. The minimum absolute atomic E-state index is 0.0134. The quantitative estimate of drug-likeness (QED) is 0.0263. The molecule has 1 unspecified atom stereocenters. The van der Waals surface area contributed by atoms with Crippen molar-refractivity contribution in [2.75, 3.05) is 73.1 Å². The van der Waals surface area contributed by atoms with Crippen molar-refractivity contribution >= 4 is 78.5 Å². The molecule has 0 aromatic heterocycles. The average Bonchev–Trinajstić information content (AvgIpc) is 1.41. The fraction of sp³-hybridized carbons (Fsp3) is 0.690. The number of carbonyl (C=O) groups excluding carboxylic acids is 12. The second kappa shape index (κ2) is 38.4. The summed E-state index contributed by atoms with van der Waals surface area (Å²) in [5.74, 6) is -13.7. The number of rotatable bonds is 29. The summed E-state index contributed by atoms with van der Waals surface area (Å²) in [6.45, 7) is 6.73. The van der Waals surface area contributed by atoms with E-state index in [0.29, 0.717) is 17.6 Å². The molecule has 37 heteroatoms. The van der Waals surface area contributed by atoms with E-state index in [2.05, 4.69) is 53.2 Å². The predicted molar refractivity (Wildman–Crippen MR) is 387 cm³/mol. The number of carbonyl (C=O) groups is 12. The largest absolute Gasteiger partial charge is 0.756 e. The smallest absolute Gasteiger partial charge is 0.275 e. The predicted octanol–water partition coefficient (Wildman–Crippen LogP) is -5.19. The summed E-state index contributed by atoms with van der Waals surface area (Å²) in [5, 5.41) is 71.1. The van der Waals surface area contributed by atoms with Crippen molar-refractivity contribution < 1.29 is 105 Å². The minimum atomic E-state index is -5.34. The Hall–Kier alpha value is -7.58. The van der Waals surface area contributed by atoms with Gasteiger partial charge >= 0.3 is 0 Å². The van der Waals surface area contributed by atoms with E-state index < -0.39 is 218 Å². The molecule has 20 atom stereocenters. The molecule has 5 aliphatic rings. The van der Waals surface area contributed by atoms with Crippen LogP contribution < -0.4 is 81.0 Å². The Labute approximate surface area is 627 Å². The number of likely N-dealkylation sites (N-methyl/N-ethyl adjacent to an activating group) is 1. The van der Waals surface area contributed by atoms with Crippen LogP contribution in [0.2, 0.25) is 0 Å². The molecule has 1 aromatic rings. The summed E-state index contributed by atoms with van der Waals surface area (Å²) in [6, 6.07) is -5.67. The van der Waals surface area contributed by atoms with E-state index in [1.165, 1.54) is 39.2 Å². The van der Waals surface area contributed by atoms with Gasteiger partial charge in [0.25, 0.3) is 13.7 Å². The maximum absolute atomic E-state index is 17.7. The van der Waals surface area contributed by atoms with Gasteiger partial charge < -0.3 is 115 Å². The molecule has 0 spiro atoms. The number of phosphoric ester groups is 1. The number of quaternary nitrogens is 1. The standard InChI is InChI=1S/C71H113FN15O20P/c1-38(2)31-52-64(99)80-47(18-24-73)59(94)79-50(21-27-76)63(98)86-57(40(4)88)66(101)77-28-22-51(62(97)78-48(19-25-74)61(96)84-53(65(100)83-52)33-42-13-11-10-12-14-42)81-60(95)49(20-26-75)82-67(102)58(41(5)89)85-56(93)36-87(8,9)29-30-106-108(104,105)107-37-55(92)71(103)39(3)32-46-45-16-15-43-34-44(90)17-23-68(43,6)70(45,72)54(91)35-69(46,71)7/h10-14,17,23,34,38-41,45-54,57-58,88-89,91,103H,15-16,18-22,24-33,35-37,73-76H2,1-9H3,(H10-,77,78,79,80,81,82,83,84,85,86,93,94,95,96,97,98,99,100,101,102,104,105)/t39-,40-,41-,45+,46+,47+,48+,49+,50+,51+,52+,53-,54+,57+,58+,68+,69+,70+,71+/m1/s1. The first kappa shape index (κ1) is 89.3. The van der Waals surface area contributed by atoms with E-state index in [9.17, 15) is 87.4 Å². The lowest BCUT2D eigenvalue weighted by atomic mass is 9.44. The number of nitrogens with zero attached hydrogens (tertiary/aromatic N) is 1. The highest BCUT2D eigenvalue weighted by molar-refractivity contribution is 7.45. The lowest BCUT2D eigenvalue weighted by molar-refractivity contribution is -0.882. The van der Waals surface area contributed by atoms with Crippen LogP contribution in [0.15, 0.2) is 54.1 Å². The summed E-state index contributed by atoms with van der Waals surface area (Å²) in [4.78, 5) is 182. The van der Waals surface area contributed by atoms with Gasteiger partial charge in [0, 0.05) is 29.7 Å². The van der Waals surface area contributed by atoms with E-state index in [1.807, 2.05) is 0 Å². The Bertz CT molecular complexity index is 3540. The number of amides is 10. The number of fused-ring (bicyclic) bond motifs is 5. The zero-order valence-electron chi connectivity index (χ0n) is 62.9. The number of Topliss-reactive ketones (excluding diaryl/α,β-unsaturated/α-hetero) is 1. The average molecular weight is 1550 g/mol. The second-order valence-electron chi connectivity index (χ2n) is 30.6. The van der Waals surface area contributed by atoms with Crippen LogP contribution >= 0.6 is 7.82 Å². The number of nitrogens with two attached hydrogens (primary N) is 4. The molecule has 1 saturated heterocycles. The SMILES string of the molecule is CC(C)C[C@@H]1NC(=O)[C@@H](Cc2ccccc2)NC(=O)[C@H](CCN)NC(=O)[C@@H](NC(=O)[C@H](CCN)NC(=O)[C@@H](NC(=O)C[N+](C)(C)CCOP(=O)([O-])OCC(=O)[C@@]2(O)[C@H](C)C[C@H]3[C@@H]4CCC5=CC(=O)C=C[C@]5(C)[C@@]4(F)[C@@H](O)C[C@@]32C)[C@@H](C)O)CCNC(=O)[C@H]([C@@H](C)O)NC(=O)[C@H](CCN)NC(=O)[C@H](CCN)NC1=O. The lowest BCUT2D eigenvalue weighted by Gasteiger charge is -2.62. The first-order valence-corrected chi connectivity index (χ1v) is 38.2. The Morgan fingerprint density at radius 3 is 1.86 bits per heavy atom. The molecule has 35 nitrogen and oxygen atoms in total. The number of aliphatic hydroxyl groups is 4. The first-order valence-electron chi connectivity index (χ1n) is 36.8. The number of phosphoric acid groups is 1. The van der Waals surface area contributed by atoms with E-state index in [-0.39, 0.29) is 107 Å². The molecular weight excluding hydrogens is 1430 g/mol. The van der Waals surface area contributed by atoms with E-state index >= 15 is 4.39 Å². The molecule has 0 radical (unpaired) electrons. The molecule has 0 bridgehead atoms. The van der Waals surface area contributed by atoms with Crippen LogP contribution in [-0.2, 0) is 77.6 Å². The van der Waals surface area contributed by atoms with Crippen molar-refractivity contribution in [1.29, 1.82) is 0 Å². The van der Waals surface area contributed by atoms with Gasteiger partial charge in [-0.15, -0.1) is 0 Å². The number of allylic oxidation sites excluding steroid dienone is 4.